The second-order valence-corrected chi connectivity index (χ2v) is 8.01. The van der Waals surface area contributed by atoms with Crippen LogP contribution in [0.25, 0.3) is 6.08 Å². The van der Waals surface area contributed by atoms with Gasteiger partial charge in [0.05, 0.1) is 27.1 Å². The third kappa shape index (κ3) is 4.43. The Balaban J connectivity index is 1.44. The van der Waals surface area contributed by atoms with Gasteiger partial charge in [0.25, 0.3) is 0 Å². The molecule has 0 aromatic heterocycles. The molecule has 0 saturated carbocycles. The Morgan fingerprint density at radius 1 is 0.903 bits per heavy atom. The molecule has 166 valence electrons. The van der Waals surface area contributed by atoms with Gasteiger partial charge in [0, 0.05) is 45.2 Å². The van der Waals surface area contributed by atoms with Gasteiger partial charge in [-0.2, -0.15) is 0 Å². The minimum atomic E-state index is 0.0791. The molecule has 31 heavy (non-hydrogen) atoms. The first-order chi connectivity index (χ1) is 15.0. The third-order valence-corrected chi connectivity index (χ3v) is 6.13. The number of methoxy groups -OCH3 is 3. The largest absolute Gasteiger partial charge is 0.512 e. The van der Waals surface area contributed by atoms with E-state index >= 15 is 0 Å². The summed E-state index contributed by atoms with van der Waals surface area (Å²) in [4.78, 5) is 4.80. The molecule has 1 saturated heterocycles. The number of rotatable bonds is 6. The quantitative estimate of drug-likeness (QED) is 0.731. The summed E-state index contributed by atoms with van der Waals surface area (Å²) >= 11 is 0. The smallest absolute Gasteiger partial charge is 0.203 e. The SMILES string of the molecule is COc1cc(CN2CCN(C3CC(O)=Cc4ccc(O)cc43)CC2)cc(OC)c1OC. The van der Waals surface area contributed by atoms with Crippen molar-refractivity contribution in [3.63, 3.8) is 0 Å². The fourth-order valence-corrected chi connectivity index (χ4v) is 4.57. The second-order valence-electron chi connectivity index (χ2n) is 8.01. The van der Waals surface area contributed by atoms with Crippen LogP contribution in [0.3, 0.4) is 0 Å². The molecule has 1 unspecified atom stereocenters. The van der Waals surface area contributed by atoms with Crippen molar-refractivity contribution in [3.05, 3.63) is 52.8 Å². The number of piperazine rings is 1. The van der Waals surface area contributed by atoms with Crippen molar-refractivity contribution in [1.82, 2.24) is 9.80 Å². The highest BCUT2D eigenvalue weighted by molar-refractivity contribution is 5.60. The molecule has 1 aliphatic heterocycles. The number of ether oxygens (including phenoxy) is 3. The fraction of sp³-hybridized carbons (Fsp3) is 0.417. The summed E-state index contributed by atoms with van der Waals surface area (Å²) in [6.45, 7) is 4.38. The van der Waals surface area contributed by atoms with E-state index in [9.17, 15) is 10.2 Å². The first-order valence-corrected chi connectivity index (χ1v) is 10.5. The number of benzene rings is 2. The third-order valence-electron chi connectivity index (χ3n) is 6.13. The van der Waals surface area contributed by atoms with Crippen LogP contribution in [0.5, 0.6) is 23.0 Å². The molecule has 7 nitrogen and oxygen atoms in total. The topological polar surface area (TPSA) is 74.6 Å². The van der Waals surface area contributed by atoms with Crippen LogP contribution in [-0.2, 0) is 6.54 Å². The van der Waals surface area contributed by atoms with Gasteiger partial charge in [0.15, 0.2) is 11.5 Å². The van der Waals surface area contributed by atoms with Crippen LogP contribution in [0.15, 0.2) is 36.1 Å². The molecule has 1 heterocycles. The molecule has 1 aliphatic carbocycles. The van der Waals surface area contributed by atoms with E-state index in [1.165, 1.54) is 0 Å². The van der Waals surface area contributed by atoms with E-state index < -0.39 is 0 Å². The summed E-state index contributed by atoms with van der Waals surface area (Å²) in [5.74, 6) is 2.58. The maximum Gasteiger partial charge on any atom is 0.203 e. The van der Waals surface area contributed by atoms with Crippen LogP contribution in [-0.4, -0.2) is 67.5 Å². The van der Waals surface area contributed by atoms with Crippen LogP contribution in [0.1, 0.15) is 29.2 Å². The summed E-state index contributed by atoms with van der Waals surface area (Å²) in [6, 6.07) is 9.43. The lowest BCUT2D eigenvalue weighted by atomic mass is 9.90. The zero-order valence-corrected chi connectivity index (χ0v) is 18.3. The Morgan fingerprint density at radius 2 is 1.58 bits per heavy atom. The molecule has 2 aromatic carbocycles. The van der Waals surface area contributed by atoms with E-state index in [1.54, 1.807) is 33.5 Å². The lowest BCUT2D eigenvalue weighted by Gasteiger charge is -2.41. The van der Waals surface area contributed by atoms with E-state index in [0.717, 1.165) is 49.4 Å². The van der Waals surface area contributed by atoms with Crippen molar-refractivity contribution in [3.8, 4) is 23.0 Å². The Hall–Kier alpha value is -2.90. The van der Waals surface area contributed by atoms with Crippen molar-refractivity contribution in [2.45, 2.75) is 19.0 Å². The minimum absolute atomic E-state index is 0.0791. The predicted octanol–water partition coefficient (Wildman–Crippen LogP) is 3.58. The van der Waals surface area contributed by atoms with Crippen molar-refractivity contribution >= 4 is 6.08 Å². The number of nitrogens with zero attached hydrogens (tertiary/aromatic N) is 2. The first-order valence-electron chi connectivity index (χ1n) is 10.5. The average Bonchev–Trinajstić information content (AvgIpc) is 2.78. The summed E-state index contributed by atoms with van der Waals surface area (Å²) in [7, 11) is 4.86. The zero-order chi connectivity index (χ0) is 22.0. The van der Waals surface area contributed by atoms with E-state index in [-0.39, 0.29) is 11.8 Å². The van der Waals surface area contributed by atoms with Crippen LogP contribution in [0, 0.1) is 0 Å². The summed E-state index contributed by atoms with van der Waals surface area (Å²) in [5, 5.41) is 20.2. The zero-order valence-electron chi connectivity index (χ0n) is 18.3. The molecule has 1 atom stereocenters. The minimum Gasteiger partial charge on any atom is -0.512 e. The lowest BCUT2D eigenvalue weighted by molar-refractivity contribution is 0.0858. The first kappa shape index (κ1) is 21.3. The van der Waals surface area contributed by atoms with Gasteiger partial charge in [-0.25, -0.2) is 0 Å². The predicted molar refractivity (Wildman–Crippen MR) is 119 cm³/mol. The van der Waals surface area contributed by atoms with E-state index in [1.807, 2.05) is 24.3 Å². The standard InChI is InChI=1S/C24H30N2O5/c1-29-22-10-16(11-23(30-2)24(22)31-3)15-25-6-8-26(9-7-25)21-14-19(28)12-17-4-5-18(27)13-20(17)21/h4-5,10-13,21,27-28H,6-9,14-15H2,1-3H3. The number of phenols is 1. The van der Waals surface area contributed by atoms with Crippen LogP contribution >= 0.6 is 0 Å². The van der Waals surface area contributed by atoms with Crippen LogP contribution < -0.4 is 14.2 Å². The highest BCUT2D eigenvalue weighted by Crippen LogP contribution is 2.39. The molecule has 2 aliphatic rings. The Bertz CT molecular complexity index is 941. The highest BCUT2D eigenvalue weighted by Gasteiger charge is 2.30. The van der Waals surface area contributed by atoms with Gasteiger partial charge in [-0.3, -0.25) is 9.80 Å². The van der Waals surface area contributed by atoms with Crippen molar-refractivity contribution < 1.29 is 24.4 Å². The van der Waals surface area contributed by atoms with Gasteiger partial charge in [0.2, 0.25) is 5.75 Å². The van der Waals surface area contributed by atoms with Gasteiger partial charge < -0.3 is 24.4 Å². The molecule has 2 N–H and O–H groups in total. The maximum atomic E-state index is 10.2. The monoisotopic (exact) mass is 426 g/mol. The van der Waals surface area contributed by atoms with Crippen molar-refractivity contribution in [1.29, 1.82) is 0 Å². The highest BCUT2D eigenvalue weighted by atomic mass is 16.5. The average molecular weight is 427 g/mol. The molecular weight excluding hydrogens is 396 g/mol. The molecule has 0 amide bonds. The van der Waals surface area contributed by atoms with Gasteiger partial charge in [0.1, 0.15) is 5.75 Å². The molecule has 4 rings (SSSR count). The number of phenolic OH excluding ortho intramolecular Hbond substituents is 1. The molecule has 0 radical (unpaired) electrons. The van der Waals surface area contributed by atoms with E-state index in [2.05, 4.69) is 9.80 Å². The van der Waals surface area contributed by atoms with Crippen molar-refractivity contribution in [2.75, 3.05) is 47.5 Å². The Kier molecular flexibility index (Phi) is 6.25. The molecule has 1 fully saturated rings. The van der Waals surface area contributed by atoms with Crippen LogP contribution in [0.4, 0.5) is 0 Å². The summed E-state index contributed by atoms with van der Waals surface area (Å²) in [6.07, 6.45) is 2.37. The van der Waals surface area contributed by atoms with E-state index in [4.69, 9.17) is 14.2 Å². The number of fused-ring (bicyclic) bond motifs is 1. The number of aliphatic hydroxyl groups excluding tert-OH is 1. The fourth-order valence-electron chi connectivity index (χ4n) is 4.57. The normalized spacial score (nSPS) is 19.5. The molecule has 0 spiro atoms. The van der Waals surface area contributed by atoms with Gasteiger partial charge in [-0.1, -0.05) is 6.07 Å². The second kappa shape index (κ2) is 9.08. The summed E-state index contributed by atoms with van der Waals surface area (Å²) < 4.78 is 16.4. The number of hydrogen-bond acceptors (Lipinski definition) is 7. The molecule has 0 bridgehead atoms. The number of hydrogen-bond donors (Lipinski definition) is 2. The number of aliphatic hydroxyl groups is 1. The van der Waals surface area contributed by atoms with Crippen molar-refractivity contribution in [2.24, 2.45) is 0 Å². The number of aromatic hydroxyl groups is 1. The van der Waals surface area contributed by atoms with Gasteiger partial charge in [-0.05, 0) is 47.0 Å². The molecule has 7 heteroatoms. The maximum absolute atomic E-state index is 10.2. The van der Waals surface area contributed by atoms with Crippen LogP contribution in [0.2, 0.25) is 0 Å². The Labute approximate surface area is 183 Å². The van der Waals surface area contributed by atoms with Gasteiger partial charge in [-0.15, -0.1) is 0 Å². The molecular formula is C24H30N2O5. The van der Waals surface area contributed by atoms with Gasteiger partial charge >= 0.3 is 0 Å². The Morgan fingerprint density at radius 3 is 2.19 bits per heavy atom. The summed E-state index contributed by atoms with van der Waals surface area (Å²) in [5.41, 5.74) is 3.17. The lowest BCUT2D eigenvalue weighted by Crippen LogP contribution is -2.47. The molecule has 2 aromatic rings. The van der Waals surface area contributed by atoms with E-state index in [0.29, 0.717) is 29.4 Å².